The molecule has 0 aliphatic carbocycles. The lowest BCUT2D eigenvalue weighted by Crippen LogP contribution is -2.45. The van der Waals surface area contributed by atoms with Gasteiger partial charge in [0.15, 0.2) is 5.88 Å². The molecule has 1 amide bonds. The first-order valence-electron chi connectivity index (χ1n) is 13.2. The van der Waals surface area contributed by atoms with Crippen LogP contribution in [0.5, 0.6) is 5.88 Å². The molecule has 3 N–H and O–H groups in total. The third-order valence-electron chi connectivity index (χ3n) is 7.39. The summed E-state index contributed by atoms with van der Waals surface area (Å²) in [5, 5.41) is 14.6. The van der Waals surface area contributed by atoms with Crippen molar-refractivity contribution in [2.45, 2.75) is 19.4 Å². The third-order valence-corrected chi connectivity index (χ3v) is 7.39. The summed E-state index contributed by atoms with van der Waals surface area (Å²) in [5.74, 6) is 0.701. The van der Waals surface area contributed by atoms with Crippen LogP contribution in [-0.4, -0.2) is 114 Å². The molecule has 2 aliphatic heterocycles. The number of likely N-dealkylation sites (N-methyl/N-ethyl adjacent to an activating group) is 2. The highest BCUT2D eigenvalue weighted by Gasteiger charge is 2.20. The normalized spacial score (nSPS) is 18.9. The number of aromatic nitrogens is 3. The molecular weight excluding hydrogens is 482 g/mol. The third kappa shape index (κ3) is 5.73. The van der Waals surface area contributed by atoms with Gasteiger partial charge in [-0.1, -0.05) is 0 Å². The maximum absolute atomic E-state index is 12.7. The van der Waals surface area contributed by atoms with E-state index in [2.05, 4.69) is 61.2 Å². The van der Waals surface area contributed by atoms with Crippen LogP contribution in [0, 0.1) is 0 Å². The molecule has 0 unspecified atom stereocenters. The first kappa shape index (κ1) is 25.9. The molecular formula is C27H37N9O2. The Kier molecular flexibility index (Phi) is 7.75. The number of benzene rings is 1. The Labute approximate surface area is 223 Å². The van der Waals surface area contributed by atoms with Crippen molar-refractivity contribution >= 4 is 40.3 Å². The quantitative estimate of drug-likeness (QED) is 0.448. The minimum atomic E-state index is -0.0111. The fourth-order valence-corrected chi connectivity index (χ4v) is 5.09. The SMILES string of the molecule is CN1CCN(c2ccc3cc2CN(C)CCCC(=O)N(C)CCNc2ncnc4[nH]c(O)c(c24)C=N3)CC1. The number of carbonyl (C=O) groups excluding carboxylic acids is 1. The van der Waals surface area contributed by atoms with Crippen LogP contribution in [-0.2, 0) is 11.3 Å². The molecule has 1 saturated heterocycles. The summed E-state index contributed by atoms with van der Waals surface area (Å²) in [7, 11) is 6.09. The molecule has 11 nitrogen and oxygen atoms in total. The molecule has 11 heteroatoms. The van der Waals surface area contributed by atoms with Gasteiger partial charge in [0.05, 0.1) is 16.6 Å². The van der Waals surface area contributed by atoms with Gasteiger partial charge >= 0.3 is 0 Å². The zero-order valence-corrected chi connectivity index (χ0v) is 22.4. The Morgan fingerprint density at radius 1 is 0.974 bits per heavy atom. The molecule has 0 atom stereocenters. The number of hydrogen-bond donors (Lipinski definition) is 3. The van der Waals surface area contributed by atoms with Crippen molar-refractivity contribution in [1.82, 2.24) is 29.7 Å². The van der Waals surface area contributed by atoms with E-state index in [1.807, 2.05) is 13.1 Å². The Hall–Kier alpha value is -3.70. The zero-order chi connectivity index (χ0) is 26.6. The van der Waals surface area contributed by atoms with Gasteiger partial charge in [-0.05, 0) is 50.8 Å². The van der Waals surface area contributed by atoms with Crippen molar-refractivity contribution in [3.63, 3.8) is 0 Å². The molecule has 4 heterocycles. The highest BCUT2D eigenvalue weighted by Crippen LogP contribution is 2.31. The smallest absolute Gasteiger partial charge is 0.222 e. The van der Waals surface area contributed by atoms with Crippen molar-refractivity contribution in [3.8, 4) is 5.88 Å². The number of nitrogens with zero attached hydrogens (tertiary/aromatic N) is 7. The Bertz CT molecular complexity index is 1310. The molecule has 2 aliphatic rings. The number of aliphatic imine (C=N–C) groups is 1. The second-order valence-corrected chi connectivity index (χ2v) is 10.3. The van der Waals surface area contributed by atoms with Crippen LogP contribution in [0.3, 0.4) is 0 Å². The highest BCUT2D eigenvalue weighted by atomic mass is 16.3. The van der Waals surface area contributed by atoms with Gasteiger partial charge in [0.25, 0.3) is 0 Å². The molecule has 202 valence electrons. The van der Waals surface area contributed by atoms with Crippen molar-refractivity contribution in [3.05, 3.63) is 35.7 Å². The fraction of sp³-hybridized carbons (Fsp3) is 0.481. The van der Waals surface area contributed by atoms with Gasteiger partial charge in [0.2, 0.25) is 5.91 Å². The van der Waals surface area contributed by atoms with E-state index in [4.69, 9.17) is 4.99 Å². The second kappa shape index (κ2) is 11.4. The molecule has 3 aromatic rings. The molecule has 2 bridgehead atoms. The number of aromatic amines is 1. The number of amides is 1. The Morgan fingerprint density at radius 2 is 1.79 bits per heavy atom. The van der Waals surface area contributed by atoms with E-state index >= 15 is 0 Å². The number of rotatable bonds is 1. The number of piperazine rings is 1. The number of nitrogens with one attached hydrogen (secondary N) is 2. The molecule has 1 fully saturated rings. The van der Waals surface area contributed by atoms with Gasteiger partial charge in [-0.25, -0.2) is 9.97 Å². The van der Waals surface area contributed by atoms with Gasteiger partial charge in [-0.3, -0.25) is 9.79 Å². The van der Waals surface area contributed by atoms with Gasteiger partial charge in [0, 0.05) is 71.2 Å². The van der Waals surface area contributed by atoms with Crippen LogP contribution in [0.2, 0.25) is 0 Å². The van der Waals surface area contributed by atoms with Gasteiger partial charge in [0.1, 0.15) is 17.8 Å². The van der Waals surface area contributed by atoms with E-state index in [0.29, 0.717) is 41.9 Å². The second-order valence-electron chi connectivity index (χ2n) is 10.3. The van der Waals surface area contributed by atoms with Crippen LogP contribution < -0.4 is 10.2 Å². The topological polar surface area (TPSA) is 116 Å². The number of anilines is 2. The predicted molar refractivity (Wildman–Crippen MR) is 151 cm³/mol. The molecule has 2 aromatic heterocycles. The first-order chi connectivity index (χ1) is 18.4. The Morgan fingerprint density at radius 3 is 2.61 bits per heavy atom. The van der Waals surface area contributed by atoms with Crippen LogP contribution in [0.25, 0.3) is 11.0 Å². The minimum absolute atomic E-state index is 0.0111. The van der Waals surface area contributed by atoms with Crippen molar-refractivity contribution in [2.75, 3.05) is 77.2 Å². The van der Waals surface area contributed by atoms with E-state index in [1.54, 1.807) is 11.1 Å². The summed E-state index contributed by atoms with van der Waals surface area (Å²) in [6.45, 7) is 6.67. The maximum atomic E-state index is 12.7. The maximum Gasteiger partial charge on any atom is 0.222 e. The van der Waals surface area contributed by atoms with Crippen LogP contribution >= 0.6 is 0 Å². The van der Waals surface area contributed by atoms with E-state index in [0.717, 1.165) is 51.4 Å². The van der Waals surface area contributed by atoms with E-state index in [-0.39, 0.29) is 11.8 Å². The van der Waals surface area contributed by atoms with E-state index in [1.165, 1.54) is 17.6 Å². The minimum Gasteiger partial charge on any atom is -0.494 e. The highest BCUT2D eigenvalue weighted by molar-refractivity contribution is 6.06. The predicted octanol–water partition coefficient (Wildman–Crippen LogP) is 2.26. The molecule has 0 saturated carbocycles. The number of hydrogen-bond acceptors (Lipinski definition) is 9. The van der Waals surface area contributed by atoms with Crippen LogP contribution in [0.4, 0.5) is 17.2 Å². The summed E-state index contributed by atoms with van der Waals surface area (Å²) < 4.78 is 0. The molecule has 5 rings (SSSR count). The van der Waals surface area contributed by atoms with E-state index < -0.39 is 0 Å². The molecule has 38 heavy (non-hydrogen) atoms. The van der Waals surface area contributed by atoms with E-state index in [9.17, 15) is 9.90 Å². The number of aromatic hydroxyl groups is 1. The number of H-pyrrole nitrogens is 1. The number of fused-ring (bicyclic) bond motifs is 2. The lowest BCUT2D eigenvalue weighted by Gasteiger charge is -2.35. The number of carbonyl (C=O) groups is 1. The van der Waals surface area contributed by atoms with Crippen molar-refractivity contribution in [1.29, 1.82) is 0 Å². The summed E-state index contributed by atoms with van der Waals surface area (Å²) in [6.07, 6.45) is 4.42. The monoisotopic (exact) mass is 519 g/mol. The molecule has 1 aromatic carbocycles. The summed E-state index contributed by atoms with van der Waals surface area (Å²) >= 11 is 0. The van der Waals surface area contributed by atoms with Crippen LogP contribution in [0.15, 0.2) is 29.5 Å². The standard InChI is InChI=1S/C27H37N9O2/c1-33-11-13-36(14-12-33)22-7-6-20-15-19(22)17-34(2)9-4-5-23(37)35(3)10-8-28-25-24-21(16-29-20)27(38)32-26(24)31-18-30-25/h6-7,15-16,18,38H,4-5,8-14,17H2,1-3H3,(H2,28,30,31,32). The van der Waals surface area contributed by atoms with Crippen molar-refractivity contribution < 1.29 is 9.90 Å². The lowest BCUT2D eigenvalue weighted by atomic mass is 10.1. The average Bonchev–Trinajstić information content (AvgIpc) is 3.23. The van der Waals surface area contributed by atoms with Gasteiger partial charge < -0.3 is 35.0 Å². The zero-order valence-electron chi connectivity index (χ0n) is 22.4. The summed E-state index contributed by atoms with van der Waals surface area (Å²) in [5.41, 5.74) is 4.28. The average molecular weight is 520 g/mol. The van der Waals surface area contributed by atoms with Gasteiger partial charge in [-0.15, -0.1) is 0 Å². The summed E-state index contributed by atoms with van der Waals surface area (Å²) in [4.78, 5) is 37.9. The molecule has 0 spiro atoms. The van der Waals surface area contributed by atoms with Crippen molar-refractivity contribution in [2.24, 2.45) is 4.99 Å². The fourth-order valence-electron chi connectivity index (χ4n) is 5.09. The van der Waals surface area contributed by atoms with Crippen LogP contribution in [0.1, 0.15) is 24.0 Å². The first-order valence-corrected chi connectivity index (χ1v) is 13.2. The lowest BCUT2D eigenvalue weighted by molar-refractivity contribution is -0.129. The Balaban J connectivity index is 1.52. The molecule has 0 radical (unpaired) electrons. The summed E-state index contributed by atoms with van der Waals surface area (Å²) in [6, 6.07) is 6.31. The largest absolute Gasteiger partial charge is 0.494 e. The van der Waals surface area contributed by atoms with Gasteiger partial charge in [-0.2, -0.15) is 0 Å².